The second kappa shape index (κ2) is 4.98. The summed E-state index contributed by atoms with van der Waals surface area (Å²) in [6.45, 7) is 2.89. The molecule has 1 saturated heterocycles. The summed E-state index contributed by atoms with van der Waals surface area (Å²) in [5.74, 6) is 0.714. The van der Waals surface area contributed by atoms with Crippen molar-refractivity contribution in [2.45, 2.75) is 25.8 Å². The summed E-state index contributed by atoms with van der Waals surface area (Å²) < 4.78 is 7.09. The van der Waals surface area contributed by atoms with Crippen LogP contribution in [-0.2, 0) is 6.54 Å². The number of aromatic nitrogens is 1. The van der Waals surface area contributed by atoms with Crippen molar-refractivity contribution in [1.82, 2.24) is 10.1 Å². The van der Waals surface area contributed by atoms with Gasteiger partial charge in [0.1, 0.15) is 0 Å². The molecule has 0 radical (unpaired) electrons. The molecule has 0 atom stereocenters. The molecular formula is C14H18N2O2. The molecule has 0 amide bonds. The molecule has 0 saturated carbocycles. The topological polar surface area (TPSA) is 47.2 Å². The van der Waals surface area contributed by atoms with Crippen molar-refractivity contribution in [1.29, 1.82) is 0 Å². The van der Waals surface area contributed by atoms with Gasteiger partial charge >= 0.3 is 0 Å². The zero-order valence-electron chi connectivity index (χ0n) is 10.4. The number of fused-ring (bicyclic) bond motifs is 1. The minimum Gasteiger partial charge on any atom is -0.376 e. The monoisotopic (exact) mass is 246 g/mol. The normalized spacial score (nSPS) is 17.3. The highest BCUT2D eigenvalue weighted by Gasteiger charge is 2.14. The Morgan fingerprint density at radius 3 is 2.83 bits per heavy atom. The fraction of sp³-hybridized carbons (Fsp3) is 0.500. The van der Waals surface area contributed by atoms with Gasteiger partial charge in [-0.15, -0.1) is 0 Å². The third kappa shape index (κ3) is 2.20. The van der Waals surface area contributed by atoms with E-state index in [0.29, 0.717) is 23.4 Å². The van der Waals surface area contributed by atoms with Gasteiger partial charge in [-0.1, -0.05) is 12.1 Å². The van der Waals surface area contributed by atoms with Crippen molar-refractivity contribution in [2.24, 2.45) is 5.92 Å². The van der Waals surface area contributed by atoms with Gasteiger partial charge in [0.15, 0.2) is 5.58 Å². The lowest BCUT2D eigenvalue weighted by molar-refractivity contribution is 0.243. The summed E-state index contributed by atoms with van der Waals surface area (Å²) in [5.41, 5.74) is 0.687. The number of rotatable bonds is 3. The van der Waals surface area contributed by atoms with E-state index in [1.807, 2.05) is 24.3 Å². The minimum absolute atomic E-state index is 0.000431. The van der Waals surface area contributed by atoms with Gasteiger partial charge in [0.05, 0.1) is 11.9 Å². The Morgan fingerprint density at radius 2 is 2.06 bits per heavy atom. The van der Waals surface area contributed by atoms with Gasteiger partial charge in [-0.3, -0.25) is 4.79 Å². The maximum absolute atomic E-state index is 12.1. The summed E-state index contributed by atoms with van der Waals surface area (Å²) in [5, 5.41) is 4.04. The lowest BCUT2D eigenvalue weighted by atomic mass is 9.95. The first-order valence-corrected chi connectivity index (χ1v) is 6.64. The molecule has 1 aromatic heterocycles. The SMILES string of the molecule is O=c1c2ccccc2on1CCC1CCNCC1. The van der Waals surface area contributed by atoms with Crippen molar-refractivity contribution >= 4 is 11.0 Å². The maximum Gasteiger partial charge on any atom is 0.290 e. The Balaban J connectivity index is 1.74. The van der Waals surface area contributed by atoms with Gasteiger partial charge in [0.2, 0.25) is 0 Å². The highest BCUT2D eigenvalue weighted by molar-refractivity contribution is 5.75. The Labute approximate surface area is 106 Å². The molecule has 0 bridgehead atoms. The summed E-state index contributed by atoms with van der Waals surface area (Å²) in [4.78, 5) is 12.1. The molecule has 96 valence electrons. The van der Waals surface area contributed by atoms with Crippen LogP contribution < -0.4 is 10.9 Å². The highest BCUT2D eigenvalue weighted by Crippen LogP contribution is 2.17. The Morgan fingerprint density at radius 1 is 1.28 bits per heavy atom. The lowest BCUT2D eigenvalue weighted by Gasteiger charge is -2.21. The van der Waals surface area contributed by atoms with E-state index in [1.165, 1.54) is 17.6 Å². The first kappa shape index (κ1) is 11.5. The molecule has 3 rings (SSSR count). The minimum atomic E-state index is -0.000431. The van der Waals surface area contributed by atoms with Crippen LogP contribution in [0.2, 0.25) is 0 Å². The van der Waals surface area contributed by atoms with Crippen LogP contribution >= 0.6 is 0 Å². The highest BCUT2D eigenvalue weighted by atomic mass is 16.5. The molecule has 0 unspecified atom stereocenters. The van der Waals surface area contributed by atoms with Crippen molar-refractivity contribution in [3.63, 3.8) is 0 Å². The molecule has 1 N–H and O–H groups in total. The zero-order valence-corrected chi connectivity index (χ0v) is 10.4. The quantitative estimate of drug-likeness (QED) is 0.901. The smallest absolute Gasteiger partial charge is 0.290 e. The average Bonchev–Trinajstić information content (AvgIpc) is 2.75. The summed E-state index contributed by atoms with van der Waals surface area (Å²) in [6.07, 6.45) is 3.44. The van der Waals surface area contributed by atoms with Gasteiger partial charge in [0, 0.05) is 0 Å². The van der Waals surface area contributed by atoms with Crippen LogP contribution in [0.25, 0.3) is 11.0 Å². The van der Waals surface area contributed by atoms with Gasteiger partial charge in [-0.2, -0.15) is 4.74 Å². The van der Waals surface area contributed by atoms with Crippen molar-refractivity contribution < 1.29 is 4.52 Å². The van der Waals surface area contributed by atoms with Crippen LogP contribution in [0.3, 0.4) is 0 Å². The standard InChI is InChI=1S/C14H18N2O2/c17-14-12-3-1-2-4-13(12)18-16(14)10-7-11-5-8-15-9-6-11/h1-4,11,15H,5-10H2. The summed E-state index contributed by atoms with van der Waals surface area (Å²) in [6, 6.07) is 7.43. The van der Waals surface area contributed by atoms with Crippen molar-refractivity contribution in [3.05, 3.63) is 34.6 Å². The van der Waals surface area contributed by atoms with E-state index in [-0.39, 0.29) is 5.56 Å². The number of nitrogens with zero attached hydrogens (tertiary/aromatic N) is 1. The van der Waals surface area contributed by atoms with E-state index in [9.17, 15) is 4.79 Å². The molecule has 2 heterocycles. The van der Waals surface area contributed by atoms with E-state index in [4.69, 9.17) is 4.52 Å². The maximum atomic E-state index is 12.1. The number of hydrogen-bond acceptors (Lipinski definition) is 3. The molecule has 1 aliphatic heterocycles. The fourth-order valence-corrected chi connectivity index (χ4v) is 2.63. The van der Waals surface area contributed by atoms with Gasteiger partial charge in [-0.25, -0.2) is 0 Å². The summed E-state index contributed by atoms with van der Waals surface area (Å²) in [7, 11) is 0. The number of hydrogen-bond donors (Lipinski definition) is 1. The number of aryl methyl sites for hydroxylation is 1. The Bertz CT molecular complexity index is 579. The molecule has 2 aromatic rings. The van der Waals surface area contributed by atoms with Gasteiger partial charge in [-0.05, 0) is 50.4 Å². The average molecular weight is 246 g/mol. The second-order valence-corrected chi connectivity index (χ2v) is 4.98. The Hall–Kier alpha value is -1.55. The predicted molar refractivity (Wildman–Crippen MR) is 70.7 cm³/mol. The molecule has 1 aliphatic rings. The zero-order chi connectivity index (χ0) is 12.4. The van der Waals surface area contributed by atoms with Crippen molar-refractivity contribution in [2.75, 3.05) is 13.1 Å². The van der Waals surface area contributed by atoms with Crippen LogP contribution in [0.5, 0.6) is 0 Å². The molecule has 1 aromatic carbocycles. The molecule has 4 heteroatoms. The van der Waals surface area contributed by atoms with E-state index >= 15 is 0 Å². The van der Waals surface area contributed by atoms with Crippen LogP contribution in [0.1, 0.15) is 19.3 Å². The van der Waals surface area contributed by atoms with Crippen molar-refractivity contribution in [3.8, 4) is 0 Å². The number of para-hydroxylation sites is 1. The van der Waals surface area contributed by atoms with E-state index in [0.717, 1.165) is 19.5 Å². The fourth-order valence-electron chi connectivity index (χ4n) is 2.63. The first-order chi connectivity index (χ1) is 8.84. The summed E-state index contributed by atoms with van der Waals surface area (Å²) >= 11 is 0. The van der Waals surface area contributed by atoms with E-state index in [2.05, 4.69) is 5.32 Å². The molecule has 1 fully saturated rings. The number of benzene rings is 1. The first-order valence-electron chi connectivity index (χ1n) is 6.64. The lowest BCUT2D eigenvalue weighted by Crippen LogP contribution is -2.28. The molecule has 18 heavy (non-hydrogen) atoms. The largest absolute Gasteiger partial charge is 0.376 e. The number of nitrogens with one attached hydrogen (secondary N) is 1. The van der Waals surface area contributed by atoms with Crippen LogP contribution in [0, 0.1) is 5.92 Å². The molecule has 0 spiro atoms. The predicted octanol–water partition coefficient (Wildman–Crippen LogP) is 1.98. The Kier molecular flexibility index (Phi) is 3.19. The molecule has 4 nitrogen and oxygen atoms in total. The van der Waals surface area contributed by atoms with Crippen LogP contribution in [0.15, 0.2) is 33.6 Å². The molecular weight excluding hydrogens is 228 g/mol. The van der Waals surface area contributed by atoms with Gasteiger partial charge < -0.3 is 9.84 Å². The van der Waals surface area contributed by atoms with E-state index < -0.39 is 0 Å². The van der Waals surface area contributed by atoms with Crippen LogP contribution in [0.4, 0.5) is 0 Å². The van der Waals surface area contributed by atoms with Crippen LogP contribution in [-0.4, -0.2) is 17.8 Å². The third-order valence-electron chi connectivity index (χ3n) is 3.75. The van der Waals surface area contributed by atoms with E-state index in [1.54, 1.807) is 0 Å². The third-order valence-corrected chi connectivity index (χ3v) is 3.75. The second-order valence-electron chi connectivity index (χ2n) is 4.98. The number of piperidine rings is 1. The molecule has 0 aliphatic carbocycles. The van der Waals surface area contributed by atoms with Gasteiger partial charge in [0.25, 0.3) is 5.56 Å².